The van der Waals surface area contributed by atoms with Crippen LogP contribution in [0.3, 0.4) is 0 Å². The van der Waals surface area contributed by atoms with Gasteiger partial charge in [0.05, 0.1) is 6.20 Å². The molecule has 0 radical (unpaired) electrons. The first-order chi connectivity index (χ1) is 10.9. The van der Waals surface area contributed by atoms with E-state index in [1.54, 1.807) is 12.1 Å². The van der Waals surface area contributed by atoms with Gasteiger partial charge < -0.3 is 15.2 Å². The van der Waals surface area contributed by atoms with Crippen molar-refractivity contribution in [1.82, 2.24) is 10.2 Å². The highest BCUT2D eigenvalue weighted by Gasteiger charge is 2.22. The van der Waals surface area contributed by atoms with E-state index < -0.39 is 9.84 Å². The Morgan fingerprint density at radius 2 is 2.04 bits per heavy atom. The number of sulfone groups is 1. The summed E-state index contributed by atoms with van der Waals surface area (Å²) in [7, 11) is -3.64. The number of unbranched alkanes of at least 4 members (excludes halogenated alkanes) is 1. The summed E-state index contributed by atoms with van der Waals surface area (Å²) in [6.45, 7) is 2.69. The summed E-state index contributed by atoms with van der Waals surface area (Å²) in [6, 6.07) is 6.31. The molecule has 0 bridgehead atoms. The van der Waals surface area contributed by atoms with Gasteiger partial charge in [0.1, 0.15) is 5.69 Å². The van der Waals surface area contributed by atoms with E-state index in [1.165, 1.54) is 18.3 Å². The maximum Gasteiger partial charge on any atom is 0.221 e. The third-order valence-electron chi connectivity index (χ3n) is 3.05. The first-order valence-corrected chi connectivity index (χ1v) is 9.08. The van der Waals surface area contributed by atoms with Gasteiger partial charge in [0, 0.05) is 12.8 Å². The van der Waals surface area contributed by atoms with Crippen LogP contribution in [0.4, 0.5) is 5.69 Å². The Hall–Kier alpha value is -2.35. The molecule has 0 amide bonds. The van der Waals surface area contributed by atoms with Gasteiger partial charge in [-0.2, -0.15) is 5.10 Å². The lowest BCUT2D eigenvalue weighted by Gasteiger charge is -2.15. The number of hydrogen-bond acceptors (Lipinski definition) is 7. The Bertz CT molecular complexity index is 778. The molecule has 1 heterocycles. The second-order valence-electron chi connectivity index (χ2n) is 5.01. The Kier molecular flexibility index (Phi) is 5.38. The lowest BCUT2D eigenvalue weighted by molar-refractivity contribution is 0.402. The van der Waals surface area contributed by atoms with Gasteiger partial charge in [0.15, 0.2) is 27.1 Å². The van der Waals surface area contributed by atoms with Gasteiger partial charge in [-0.25, -0.2) is 8.42 Å². The number of hydrogen-bond donors (Lipinski definition) is 2. The van der Waals surface area contributed by atoms with Gasteiger partial charge in [-0.1, -0.05) is 25.5 Å². The normalized spacial score (nSPS) is 11.2. The van der Waals surface area contributed by atoms with Crippen LogP contribution >= 0.6 is 0 Å². The molecule has 2 aromatic rings. The third-order valence-corrected chi connectivity index (χ3v) is 4.02. The van der Waals surface area contributed by atoms with E-state index in [0.29, 0.717) is 12.2 Å². The molecule has 0 aliphatic rings. The zero-order valence-corrected chi connectivity index (χ0v) is 13.8. The molecule has 8 heteroatoms. The number of aromatic nitrogens is 2. The van der Waals surface area contributed by atoms with Crippen molar-refractivity contribution in [2.24, 2.45) is 0 Å². The number of ether oxygens (including phenoxy) is 1. The highest BCUT2D eigenvalue weighted by molar-refractivity contribution is 7.90. The van der Waals surface area contributed by atoms with Crippen LogP contribution in [0, 0.1) is 0 Å². The molecule has 0 aliphatic heterocycles. The van der Waals surface area contributed by atoms with E-state index in [4.69, 9.17) is 4.74 Å². The van der Waals surface area contributed by atoms with Gasteiger partial charge in [-0.3, -0.25) is 0 Å². The Labute approximate surface area is 135 Å². The summed E-state index contributed by atoms with van der Waals surface area (Å²) in [5.74, 6) is 0.0762. The molecule has 2 rings (SSSR count). The summed E-state index contributed by atoms with van der Waals surface area (Å²) in [6.07, 6.45) is 4.33. The molecule has 1 aromatic heterocycles. The number of para-hydroxylation sites is 2. The molecule has 0 unspecified atom stereocenters. The summed E-state index contributed by atoms with van der Waals surface area (Å²) < 4.78 is 29.5. The summed E-state index contributed by atoms with van der Waals surface area (Å²) in [4.78, 5) is 0. The summed E-state index contributed by atoms with van der Waals surface area (Å²) in [5, 5.41) is 20.1. The molecule has 2 N–H and O–H groups in total. The number of nitrogens with zero attached hydrogens (tertiary/aromatic N) is 2. The average molecular weight is 337 g/mol. The smallest absolute Gasteiger partial charge is 0.221 e. The monoisotopic (exact) mass is 337 g/mol. The van der Waals surface area contributed by atoms with Crippen LogP contribution in [-0.4, -0.2) is 36.5 Å². The quantitative estimate of drug-likeness (QED) is 0.749. The van der Waals surface area contributed by atoms with E-state index in [1.807, 2.05) is 6.92 Å². The van der Waals surface area contributed by atoms with Crippen LogP contribution in [0.1, 0.15) is 19.8 Å². The van der Waals surface area contributed by atoms with E-state index in [9.17, 15) is 13.5 Å². The first-order valence-electron chi connectivity index (χ1n) is 7.19. The molecule has 7 nitrogen and oxygen atoms in total. The van der Waals surface area contributed by atoms with Crippen molar-refractivity contribution >= 4 is 15.5 Å². The van der Waals surface area contributed by atoms with Crippen LogP contribution in [0.5, 0.6) is 17.2 Å². The van der Waals surface area contributed by atoms with Crippen LogP contribution < -0.4 is 10.1 Å². The predicted molar refractivity (Wildman–Crippen MR) is 86.7 cm³/mol. The number of phenolic OH excluding ortho intramolecular Hbond substituents is 1. The summed E-state index contributed by atoms with van der Waals surface area (Å²) >= 11 is 0. The van der Waals surface area contributed by atoms with Gasteiger partial charge in [0.25, 0.3) is 0 Å². The largest absolute Gasteiger partial charge is 0.504 e. The van der Waals surface area contributed by atoms with Crippen LogP contribution in [0.2, 0.25) is 0 Å². The van der Waals surface area contributed by atoms with Crippen molar-refractivity contribution in [3.63, 3.8) is 0 Å². The number of nitrogens with one attached hydrogen (secondary N) is 1. The third kappa shape index (κ3) is 4.32. The Balaban J connectivity index is 2.46. The van der Waals surface area contributed by atoms with Gasteiger partial charge in [-0.15, -0.1) is 5.10 Å². The lowest BCUT2D eigenvalue weighted by Crippen LogP contribution is -2.10. The van der Waals surface area contributed by atoms with Crippen molar-refractivity contribution < 1.29 is 18.3 Å². The van der Waals surface area contributed by atoms with E-state index in [2.05, 4.69) is 15.5 Å². The Morgan fingerprint density at radius 3 is 2.70 bits per heavy atom. The molecule has 0 saturated heterocycles. The highest BCUT2D eigenvalue weighted by Crippen LogP contribution is 2.37. The minimum Gasteiger partial charge on any atom is -0.504 e. The van der Waals surface area contributed by atoms with Gasteiger partial charge >= 0.3 is 0 Å². The number of aromatic hydroxyl groups is 1. The van der Waals surface area contributed by atoms with Gasteiger partial charge in [-0.05, 0) is 18.6 Å². The standard InChI is InChI=1S/C15H19N3O4S/c1-3-4-9-16-11-10-17-18-15(23(2,20)21)14(11)22-13-8-6-5-7-12(13)19/h5-8,10,19H,3-4,9H2,1-2H3,(H,16,18). The van der Waals surface area contributed by atoms with Gasteiger partial charge in [0.2, 0.25) is 5.03 Å². The lowest BCUT2D eigenvalue weighted by atomic mass is 10.3. The molecule has 124 valence electrons. The van der Waals surface area contributed by atoms with Crippen molar-refractivity contribution in [1.29, 1.82) is 0 Å². The fourth-order valence-electron chi connectivity index (χ4n) is 1.88. The number of benzene rings is 1. The number of rotatable bonds is 7. The molecule has 0 saturated carbocycles. The Morgan fingerprint density at radius 1 is 1.30 bits per heavy atom. The molecule has 0 atom stereocenters. The zero-order chi connectivity index (χ0) is 16.9. The highest BCUT2D eigenvalue weighted by atomic mass is 32.2. The second kappa shape index (κ2) is 7.28. The molecule has 1 aromatic carbocycles. The number of phenols is 1. The molecule has 0 aliphatic carbocycles. The van der Waals surface area contributed by atoms with Crippen molar-refractivity contribution in [2.75, 3.05) is 18.1 Å². The summed E-state index contributed by atoms with van der Waals surface area (Å²) in [5.41, 5.74) is 0.414. The van der Waals surface area contributed by atoms with Crippen molar-refractivity contribution in [3.8, 4) is 17.2 Å². The maximum absolute atomic E-state index is 11.9. The zero-order valence-electron chi connectivity index (χ0n) is 13.0. The molecule has 0 fully saturated rings. The van der Waals surface area contributed by atoms with E-state index >= 15 is 0 Å². The second-order valence-corrected chi connectivity index (χ2v) is 6.95. The maximum atomic E-state index is 11.9. The fraction of sp³-hybridized carbons (Fsp3) is 0.333. The molecule has 23 heavy (non-hydrogen) atoms. The predicted octanol–water partition coefficient (Wildman–Crippen LogP) is 2.59. The first kappa shape index (κ1) is 17.0. The van der Waals surface area contributed by atoms with Crippen LogP contribution in [-0.2, 0) is 9.84 Å². The SMILES string of the molecule is CCCCNc1cnnc(S(C)(=O)=O)c1Oc1ccccc1O. The minimum absolute atomic E-state index is 0.0279. The van der Waals surface area contributed by atoms with Crippen LogP contribution in [0.15, 0.2) is 35.5 Å². The van der Waals surface area contributed by atoms with Crippen molar-refractivity contribution in [3.05, 3.63) is 30.5 Å². The topological polar surface area (TPSA) is 101 Å². The number of anilines is 1. The average Bonchev–Trinajstić information content (AvgIpc) is 2.50. The van der Waals surface area contributed by atoms with E-state index in [-0.39, 0.29) is 22.3 Å². The minimum atomic E-state index is -3.64. The van der Waals surface area contributed by atoms with Crippen LogP contribution in [0.25, 0.3) is 0 Å². The molecule has 0 spiro atoms. The molecular weight excluding hydrogens is 318 g/mol. The van der Waals surface area contributed by atoms with Crippen molar-refractivity contribution in [2.45, 2.75) is 24.8 Å². The fourth-order valence-corrected chi connectivity index (χ4v) is 2.56. The van der Waals surface area contributed by atoms with E-state index in [0.717, 1.165) is 19.1 Å². The molecular formula is C15H19N3O4S.